The van der Waals surface area contributed by atoms with Crippen molar-refractivity contribution in [1.82, 2.24) is 4.98 Å². The average Bonchev–Trinajstić information content (AvgIpc) is 3.87. The van der Waals surface area contributed by atoms with Gasteiger partial charge in [-0.3, -0.25) is 19.2 Å². The Kier molecular flexibility index (Phi) is 11.0. The first-order valence-electron chi connectivity index (χ1n) is 17.4. The van der Waals surface area contributed by atoms with Gasteiger partial charge in [-0.15, -0.1) is 11.3 Å². The van der Waals surface area contributed by atoms with Gasteiger partial charge in [0.15, 0.2) is 10.0 Å². The van der Waals surface area contributed by atoms with Crippen LogP contribution < -0.4 is 9.21 Å². The maximum absolute atomic E-state index is 14.4. The van der Waals surface area contributed by atoms with E-state index in [1.807, 2.05) is 72.8 Å². The molecule has 0 radical (unpaired) electrons. The molecule has 2 aromatic heterocycles. The van der Waals surface area contributed by atoms with Crippen LogP contribution in [0.15, 0.2) is 148 Å². The Hall–Kier alpha value is -6.31. The molecule has 0 saturated carbocycles. The number of benzene rings is 5. The molecule has 2 heterocycles. The van der Waals surface area contributed by atoms with Crippen LogP contribution >= 0.6 is 11.3 Å². The number of nitro benzene ring substituents is 1. The lowest BCUT2D eigenvalue weighted by Gasteiger charge is -2.25. The zero-order chi connectivity index (χ0) is 38.4. The normalized spacial score (nSPS) is 11.4. The molecule has 7 aromatic rings. The van der Waals surface area contributed by atoms with Crippen LogP contribution in [0.4, 0.5) is 16.5 Å². The highest BCUT2D eigenvalue weighted by molar-refractivity contribution is 7.93. The van der Waals surface area contributed by atoms with Crippen molar-refractivity contribution in [2.24, 2.45) is 0 Å². The van der Waals surface area contributed by atoms with E-state index in [1.165, 1.54) is 43.2 Å². The first kappa shape index (κ1) is 37.0. The Morgan fingerprint density at radius 2 is 1.53 bits per heavy atom. The van der Waals surface area contributed by atoms with Crippen molar-refractivity contribution in [2.45, 2.75) is 30.8 Å². The molecule has 0 amide bonds. The number of nitrogens with zero attached hydrogens (tertiary/aromatic N) is 4. The second-order valence-electron chi connectivity index (χ2n) is 12.8. The summed E-state index contributed by atoms with van der Waals surface area (Å²) >= 11 is 1.59. The van der Waals surface area contributed by atoms with Crippen molar-refractivity contribution in [1.29, 1.82) is 0 Å². The van der Waals surface area contributed by atoms with Gasteiger partial charge in [0.25, 0.3) is 15.7 Å². The Balaban J connectivity index is 1.19. The van der Waals surface area contributed by atoms with E-state index in [-0.39, 0.29) is 18.7 Å². The minimum Gasteiger partial charge on any atom is -0.469 e. The second-order valence-corrected chi connectivity index (χ2v) is 15.5. The number of carbonyl (C=O) groups excluding carboxylic acids is 1. The van der Waals surface area contributed by atoms with Crippen LogP contribution in [0.3, 0.4) is 0 Å². The number of esters is 1. The van der Waals surface area contributed by atoms with Gasteiger partial charge in [0.05, 0.1) is 42.6 Å². The number of furan rings is 1. The number of aromatic nitrogens is 1. The van der Waals surface area contributed by atoms with Gasteiger partial charge in [0.1, 0.15) is 5.58 Å². The molecule has 7 rings (SSSR count). The maximum atomic E-state index is 14.4. The van der Waals surface area contributed by atoms with Crippen molar-refractivity contribution in [2.75, 3.05) is 22.9 Å². The van der Waals surface area contributed by atoms with Gasteiger partial charge in [0, 0.05) is 47.1 Å². The standard InChI is InChI=1S/C42H36N4O7S2/c1-52-41(47)24-34-28-53-39-25-35(20-21-36(34)39)45(55(50,51)40-15-9-8-14-38(40)46(48)49)27-32-18-16-31(17-19-32)26-44(23-22-30-10-4-2-5-11-30)42-43-37(29-54-42)33-12-6-3-7-13-33/h2-21,25,28-29H,22-24,26-27H2,1H3. The number of fused-ring (bicyclic) bond motifs is 1. The zero-order valence-corrected chi connectivity index (χ0v) is 31.4. The second kappa shape index (κ2) is 16.4. The monoisotopic (exact) mass is 772 g/mol. The molecule has 5 aromatic carbocycles. The molecule has 0 unspecified atom stereocenters. The van der Waals surface area contributed by atoms with Gasteiger partial charge < -0.3 is 14.1 Å². The average molecular weight is 773 g/mol. The molecule has 0 aliphatic rings. The molecule has 55 heavy (non-hydrogen) atoms. The van der Waals surface area contributed by atoms with Crippen LogP contribution in [0.1, 0.15) is 22.3 Å². The molecule has 0 bridgehead atoms. The van der Waals surface area contributed by atoms with Crippen LogP contribution in [-0.4, -0.2) is 37.9 Å². The van der Waals surface area contributed by atoms with E-state index < -0.39 is 31.5 Å². The highest BCUT2D eigenvalue weighted by Crippen LogP contribution is 2.35. The number of anilines is 2. The van der Waals surface area contributed by atoms with E-state index in [0.29, 0.717) is 28.6 Å². The first-order chi connectivity index (χ1) is 26.7. The van der Waals surface area contributed by atoms with Crippen molar-refractivity contribution >= 4 is 54.8 Å². The molecule has 0 aliphatic heterocycles. The van der Waals surface area contributed by atoms with E-state index in [2.05, 4.69) is 22.4 Å². The van der Waals surface area contributed by atoms with Crippen molar-refractivity contribution < 1.29 is 27.3 Å². The molecular weight excluding hydrogens is 737 g/mol. The summed E-state index contributed by atoms with van der Waals surface area (Å²) in [5.41, 5.74) is 5.47. The van der Waals surface area contributed by atoms with Crippen molar-refractivity contribution in [3.05, 3.63) is 171 Å². The van der Waals surface area contributed by atoms with Crippen LogP contribution in [0.2, 0.25) is 0 Å². The van der Waals surface area contributed by atoms with Gasteiger partial charge in [-0.25, -0.2) is 13.4 Å². The summed E-state index contributed by atoms with van der Waals surface area (Å²) in [5, 5.41) is 15.5. The van der Waals surface area contributed by atoms with Gasteiger partial charge in [0.2, 0.25) is 0 Å². The molecule has 0 saturated heterocycles. The van der Waals surface area contributed by atoms with E-state index in [0.717, 1.165) is 39.2 Å². The molecule has 0 atom stereocenters. The number of nitro groups is 1. The number of rotatable bonds is 15. The predicted octanol–water partition coefficient (Wildman–Crippen LogP) is 8.82. The fraction of sp³-hybridized carbons (Fsp3) is 0.143. The molecule has 0 spiro atoms. The smallest absolute Gasteiger partial charge is 0.310 e. The Labute approximate surface area is 322 Å². The van der Waals surface area contributed by atoms with Crippen molar-refractivity contribution in [3.63, 3.8) is 0 Å². The van der Waals surface area contributed by atoms with E-state index >= 15 is 0 Å². The minimum absolute atomic E-state index is 0.0200. The van der Waals surface area contributed by atoms with Crippen LogP contribution in [0, 0.1) is 10.1 Å². The number of hydrogen-bond donors (Lipinski definition) is 0. The molecule has 0 N–H and O–H groups in total. The summed E-state index contributed by atoms with van der Waals surface area (Å²) in [6.45, 7) is 1.17. The predicted molar refractivity (Wildman–Crippen MR) is 214 cm³/mol. The maximum Gasteiger partial charge on any atom is 0.310 e. The zero-order valence-electron chi connectivity index (χ0n) is 29.8. The van der Waals surface area contributed by atoms with Crippen LogP contribution in [0.5, 0.6) is 0 Å². The molecular formula is C42H36N4O7S2. The number of methoxy groups -OCH3 is 1. The molecule has 13 heteroatoms. The summed E-state index contributed by atoms with van der Waals surface area (Å²) < 4.78 is 40.4. The Bertz CT molecular complexity index is 2540. The molecule has 0 fully saturated rings. The van der Waals surface area contributed by atoms with E-state index in [1.54, 1.807) is 29.5 Å². The van der Waals surface area contributed by atoms with E-state index in [9.17, 15) is 23.3 Å². The number of carbonyl (C=O) groups is 1. The lowest BCUT2D eigenvalue weighted by atomic mass is 10.1. The largest absolute Gasteiger partial charge is 0.469 e. The summed E-state index contributed by atoms with van der Waals surface area (Å²) in [4.78, 5) is 30.0. The molecule has 11 nitrogen and oxygen atoms in total. The number of sulfonamides is 1. The topological polar surface area (TPSA) is 136 Å². The number of hydrogen-bond acceptors (Lipinski definition) is 10. The third-order valence-corrected chi connectivity index (χ3v) is 11.9. The number of para-hydroxylation sites is 1. The third kappa shape index (κ3) is 8.43. The fourth-order valence-electron chi connectivity index (χ4n) is 6.29. The summed E-state index contributed by atoms with van der Waals surface area (Å²) in [6, 6.07) is 38.1. The highest BCUT2D eigenvalue weighted by atomic mass is 32.2. The lowest BCUT2D eigenvalue weighted by molar-refractivity contribution is -0.387. The highest BCUT2D eigenvalue weighted by Gasteiger charge is 2.32. The fourth-order valence-corrected chi connectivity index (χ4v) is 8.76. The van der Waals surface area contributed by atoms with Gasteiger partial charge >= 0.3 is 5.97 Å². The third-order valence-electron chi connectivity index (χ3n) is 9.19. The van der Waals surface area contributed by atoms with Crippen LogP contribution in [-0.2, 0) is 45.5 Å². The quantitative estimate of drug-likeness (QED) is 0.0569. The SMILES string of the molecule is COC(=O)Cc1coc2cc(N(Cc3ccc(CN(CCc4ccccc4)c4nc(-c5ccccc5)cs4)cc3)S(=O)(=O)c3ccccc3[N+](=O)[O-])ccc12. The van der Waals surface area contributed by atoms with Crippen molar-refractivity contribution in [3.8, 4) is 11.3 Å². The summed E-state index contributed by atoms with van der Waals surface area (Å²) in [6.07, 6.45) is 2.23. The summed E-state index contributed by atoms with van der Waals surface area (Å²) in [7, 11) is -3.17. The van der Waals surface area contributed by atoms with E-state index in [4.69, 9.17) is 14.1 Å². The Morgan fingerprint density at radius 3 is 2.24 bits per heavy atom. The summed E-state index contributed by atoms with van der Waals surface area (Å²) in [5.74, 6) is -0.446. The minimum atomic E-state index is -4.47. The lowest BCUT2D eigenvalue weighted by Crippen LogP contribution is -2.31. The van der Waals surface area contributed by atoms with Crippen LogP contribution in [0.25, 0.3) is 22.2 Å². The van der Waals surface area contributed by atoms with Gasteiger partial charge in [-0.2, -0.15) is 0 Å². The molecule has 0 aliphatic carbocycles. The Morgan fingerprint density at radius 1 is 0.855 bits per heavy atom. The van der Waals surface area contributed by atoms with Gasteiger partial charge in [-0.1, -0.05) is 97.1 Å². The number of thiazole rings is 1. The first-order valence-corrected chi connectivity index (χ1v) is 19.7. The molecule has 278 valence electrons. The van der Waals surface area contributed by atoms with Gasteiger partial charge in [-0.05, 0) is 41.3 Å². The number of ether oxygens (including phenoxy) is 1.